The van der Waals surface area contributed by atoms with Crippen LogP contribution in [-0.2, 0) is 7.05 Å². The summed E-state index contributed by atoms with van der Waals surface area (Å²) in [7, 11) is 1.78. The van der Waals surface area contributed by atoms with E-state index in [9.17, 15) is 0 Å². The molecule has 0 aliphatic carbocycles. The molecule has 5 heteroatoms. The first-order chi connectivity index (χ1) is 6.66. The van der Waals surface area contributed by atoms with Crippen molar-refractivity contribution < 1.29 is 0 Å². The molecule has 2 heterocycles. The highest BCUT2D eigenvalue weighted by Crippen LogP contribution is 2.18. The third kappa shape index (κ3) is 1.44. The monoisotopic (exact) mass is 189 g/mol. The maximum Gasteiger partial charge on any atom is 0.126 e. The Morgan fingerprint density at radius 3 is 2.71 bits per heavy atom. The Balaban J connectivity index is 2.47. The summed E-state index contributed by atoms with van der Waals surface area (Å²) in [5.74, 6) is 0.553. The lowest BCUT2D eigenvalue weighted by atomic mass is 10.1. The van der Waals surface area contributed by atoms with Crippen LogP contribution in [0.3, 0.4) is 0 Å². The van der Waals surface area contributed by atoms with E-state index in [4.69, 9.17) is 5.73 Å². The van der Waals surface area contributed by atoms with Gasteiger partial charge in [-0.1, -0.05) is 0 Å². The van der Waals surface area contributed by atoms with Gasteiger partial charge >= 0.3 is 0 Å². The Hall–Kier alpha value is -1.91. The zero-order valence-electron chi connectivity index (χ0n) is 8.10. The van der Waals surface area contributed by atoms with Gasteiger partial charge in [0.2, 0.25) is 0 Å². The molecule has 0 saturated heterocycles. The highest BCUT2D eigenvalue weighted by atomic mass is 15.4. The maximum atomic E-state index is 5.62. The molecule has 5 nitrogen and oxygen atoms in total. The second-order valence-corrected chi connectivity index (χ2v) is 3.15. The summed E-state index contributed by atoms with van der Waals surface area (Å²) in [6.45, 7) is 1.92. The predicted octanol–water partition coefficient (Wildman–Crippen LogP) is 0.768. The van der Waals surface area contributed by atoms with Crippen molar-refractivity contribution in [2.45, 2.75) is 6.92 Å². The molecule has 0 fully saturated rings. The number of aromatic nitrogens is 4. The summed E-state index contributed by atoms with van der Waals surface area (Å²) in [5, 5.41) is 8.17. The van der Waals surface area contributed by atoms with Crippen LogP contribution in [0.1, 0.15) is 5.56 Å². The van der Waals surface area contributed by atoms with Crippen molar-refractivity contribution >= 4 is 5.82 Å². The number of aryl methyl sites for hydroxylation is 2. The van der Waals surface area contributed by atoms with Crippen molar-refractivity contribution in [3.05, 3.63) is 24.0 Å². The zero-order chi connectivity index (χ0) is 10.1. The Kier molecular flexibility index (Phi) is 1.92. The van der Waals surface area contributed by atoms with Crippen LogP contribution in [0.15, 0.2) is 18.5 Å². The summed E-state index contributed by atoms with van der Waals surface area (Å²) in [5.41, 5.74) is 8.32. The van der Waals surface area contributed by atoms with E-state index < -0.39 is 0 Å². The van der Waals surface area contributed by atoms with Crippen LogP contribution in [-0.4, -0.2) is 20.0 Å². The highest BCUT2D eigenvalue weighted by molar-refractivity contribution is 5.60. The smallest absolute Gasteiger partial charge is 0.126 e. The fourth-order valence-corrected chi connectivity index (χ4v) is 1.20. The van der Waals surface area contributed by atoms with Gasteiger partial charge in [-0.05, 0) is 18.6 Å². The second kappa shape index (κ2) is 3.10. The molecular formula is C9H11N5. The molecular weight excluding hydrogens is 178 g/mol. The fourth-order valence-electron chi connectivity index (χ4n) is 1.20. The Labute approximate surface area is 81.6 Å². The van der Waals surface area contributed by atoms with E-state index in [1.54, 1.807) is 19.4 Å². The lowest BCUT2D eigenvalue weighted by molar-refractivity contribution is 0.655. The highest BCUT2D eigenvalue weighted by Gasteiger charge is 2.04. The molecule has 0 aliphatic rings. The average molecular weight is 189 g/mol. The summed E-state index contributed by atoms with van der Waals surface area (Å²) >= 11 is 0. The van der Waals surface area contributed by atoms with E-state index in [2.05, 4.69) is 15.2 Å². The normalized spacial score (nSPS) is 10.4. The van der Waals surface area contributed by atoms with Gasteiger partial charge in [0.05, 0.1) is 6.20 Å². The van der Waals surface area contributed by atoms with Gasteiger partial charge < -0.3 is 5.73 Å². The summed E-state index contributed by atoms with van der Waals surface area (Å²) in [6.07, 6.45) is 3.40. The van der Waals surface area contributed by atoms with Gasteiger partial charge in [-0.3, -0.25) is 0 Å². The van der Waals surface area contributed by atoms with Crippen molar-refractivity contribution in [3.8, 4) is 11.3 Å². The van der Waals surface area contributed by atoms with Crippen molar-refractivity contribution in [2.75, 3.05) is 5.73 Å². The number of hydrogen-bond donors (Lipinski definition) is 1. The van der Waals surface area contributed by atoms with Gasteiger partial charge in [-0.25, -0.2) is 4.98 Å². The maximum absolute atomic E-state index is 5.62. The minimum Gasteiger partial charge on any atom is -0.383 e. The van der Waals surface area contributed by atoms with Crippen LogP contribution >= 0.6 is 0 Å². The minimum atomic E-state index is 0.553. The van der Waals surface area contributed by atoms with Crippen molar-refractivity contribution in [1.82, 2.24) is 20.0 Å². The van der Waals surface area contributed by atoms with Crippen LogP contribution in [0.25, 0.3) is 11.3 Å². The van der Waals surface area contributed by atoms with Crippen LogP contribution in [0.4, 0.5) is 5.82 Å². The number of nitrogen functional groups attached to an aromatic ring is 1. The van der Waals surface area contributed by atoms with Crippen LogP contribution < -0.4 is 5.73 Å². The number of nitrogens with two attached hydrogens (primary N) is 1. The number of pyridine rings is 1. The third-order valence-electron chi connectivity index (χ3n) is 2.01. The van der Waals surface area contributed by atoms with E-state index in [1.165, 1.54) is 4.80 Å². The summed E-state index contributed by atoms with van der Waals surface area (Å²) in [4.78, 5) is 5.58. The first-order valence-electron chi connectivity index (χ1n) is 4.25. The molecule has 2 rings (SSSR count). The SMILES string of the molecule is Cc1cc(-c2cnn(C)n2)cnc1N. The Bertz CT molecular complexity index is 460. The fraction of sp³-hybridized carbons (Fsp3) is 0.222. The molecule has 0 radical (unpaired) electrons. The molecule has 72 valence electrons. The molecule has 2 N–H and O–H groups in total. The van der Waals surface area contributed by atoms with Gasteiger partial charge in [0.1, 0.15) is 11.5 Å². The molecule has 0 atom stereocenters. The standard InChI is InChI=1S/C9H11N5/c1-6-3-7(4-11-9(6)10)8-5-12-14(2)13-8/h3-5H,1-2H3,(H2,10,11). The second-order valence-electron chi connectivity index (χ2n) is 3.15. The molecule has 0 amide bonds. The molecule has 2 aromatic heterocycles. The first-order valence-corrected chi connectivity index (χ1v) is 4.25. The predicted molar refractivity (Wildman–Crippen MR) is 53.4 cm³/mol. The zero-order valence-corrected chi connectivity index (χ0v) is 8.10. The average Bonchev–Trinajstić information content (AvgIpc) is 2.57. The van der Waals surface area contributed by atoms with E-state index in [0.29, 0.717) is 5.82 Å². The van der Waals surface area contributed by atoms with Crippen molar-refractivity contribution in [2.24, 2.45) is 7.05 Å². The molecule has 0 bridgehead atoms. The molecule has 14 heavy (non-hydrogen) atoms. The number of nitrogens with zero attached hydrogens (tertiary/aromatic N) is 4. The topological polar surface area (TPSA) is 69.6 Å². The van der Waals surface area contributed by atoms with Gasteiger partial charge in [0.15, 0.2) is 0 Å². The lowest BCUT2D eigenvalue weighted by Gasteiger charge is -2.00. The van der Waals surface area contributed by atoms with E-state index in [-0.39, 0.29) is 0 Å². The quantitative estimate of drug-likeness (QED) is 0.719. The molecule has 0 spiro atoms. The molecule has 0 aliphatic heterocycles. The number of hydrogen-bond acceptors (Lipinski definition) is 4. The molecule has 0 saturated carbocycles. The van der Waals surface area contributed by atoms with Crippen LogP contribution in [0.5, 0.6) is 0 Å². The van der Waals surface area contributed by atoms with Crippen LogP contribution in [0.2, 0.25) is 0 Å². The van der Waals surface area contributed by atoms with Gasteiger partial charge in [-0.2, -0.15) is 15.0 Å². The molecule has 0 aromatic carbocycles. The van der Waals surface area contributed by atoms with E-state index in [1.807, 2.05) is 13.0 Å². The van der Waals surface area contributed by atoms with Crippen molar-refractivity contribution in [3.63, 3.8) is 0 Å². The Morgan fingerprint density at radius 1 is 1.36 bits per heavy atom. The number of rotatable bonds is 1. The molecule has 2 aromatic rings. The van der Waals surface area contributed by atoms with Crippen LogP contribution in [0, 0.1) is 6.92 Å². The Morgan fingerprint density at radius 2 is 2.14 bits per heavy atom. The minimum absolute atomic E-state index is 0.553. The summed E-state index contributed by atoms with van der Waals surface area (Å²) in [6, 6.07) is 1.95. The number of anilines is 1. The summed E-state index contributed by atoms with van der Waals surface area (Å²) < 4.78 is 0. The van der Waals surface area contributed by atoms with Gasteiger partial charge in [0.25, 0.3) is 0 Å². The van der Waals surface area contributed by atoms with E-state index >= 15 is 0 Å². The van der Waals surface area contributed by atoms with Crippen molar-refractivity contribution in [1.29, 1.82) is 0 Å². The lowest BCUT2D eigenvalue weighted by Crippen LogP contribution is -1.95. The van der Waals surface area contributed by atoms with E-state index in [0.717, 1.165) is 16.8 Å². The third-order valence-corrected chi connectivity index (χ3v) is 2.01. The van der Waals surface area contributed by atoms with Gasteiger partial charge in [-0.15, -0.1) is 0 Å². The largest absolute Gasteiger partial charge is 0.383 e. The molecule has 0 unspecified atom stereocenters. The van der Waals surface area contributed by atoms with Gasteiger partial charge in [0, 0.05) is 18.8 Å². The first kappa shape index (κ1) is 8.68.